The minimum Gasteiger partial charge on any atom is -0.352 e. The van der Waals surface area contributed by atoms with Crippen LogP contribution in [0.1, 0.15) is 43.9 Å². The zero-order chi connectivity index (χ0) is 27.9. The summed E-state index contributed by atoms with van der Waals surface area (Å²) in [7, 11) is -4.06. The molecule has 0 aliphatic heterocycles. The van der Waals surface area contributed by atoms with Gasteiger partial charge in [0.05, 0.1) is 10.6 Å². The zero-order valence-corrected chi connectivity index (χ0v) is 23.5. The van der Waals surface area contributed by atoms with Gasteiger partial charge >= 0.3 is 0 Å². The lowest BCUT2D eigenvalue weighted by atomic mass is 10.1. The van der Waals surface area contributed by atoms with E-state index in [2.05, 4.69) is 5.32 Å². The van der Waals surface area contributed by atoms with Crippen molar-refractivity contribution in [3.8, 4) is 0 Å². The summed E-state index contributed by atoms with van der Waals surface area (Å²) >= 11 is 0. The number of nitrogens with zero attached hydrogens (tertiary/aromatic N) is 2. The summed E-state index contributed by atoms with van der Waals surface area (Å²) < 4.78 is 28.6. The second kappa shape index (κ2) is 12.7. The molecule has 0 saturated carbocycles. The third-order valence-corrected chi connectivity index (χ3v) is 8.36. The maximum absolute atomic E-state index is 13.9. The van der Waals surface area contributed by atoms with Gasteiger partial charge in [-0.3, -0.25) is 13.9 Å². The Labute approximate surface area is 226 Å². The number of hydrogen-bond acceptors (Lipinski definition) is 4. The van der Waals surface area contributed by atoms with Crippen LogP contribution in [0.5, 0.6) is 0 Å². The molecule has 202 valence electrons. The first kappa shape index (κ1) is 28.9. The maximum Gasteiger partial charge on any atom is 0.264 e. The molecule has 0 aliphatic carbocycles. The van der Waals surface area contributed by atoms with E-state index in [0.29, 0.717) is 5.69 Å². The second-order valence-corrected chi connectivity index (χ2v) is 11.5. The fourth-order valence-corrected chi connectivity index (χ4v) is 5.33. The molecule has 3 aromatic rings. The summed E-state index contributed by atoms with van der Waals surface area (Å²) in [5, 5.41) is 2.94. The van der Waals surface area contributed by atoms with Crippen LogP contribution in [0.3, 0.4) is 0 Å². The standard InChI is InChI=1S/C30H37N3O4S/c1-6-24(4)31-30(35)25(5)32(20-26-16-12-22(2)13-17-26)29(34)21-33(27-18-14-23(3)15-19-27)38(36,37)28-10-8-7-9-11-28/h7-19,24-25H,6,20-21H2,1-5H3,(H,31,35)/t24-,25-/m0/s1. The van der Waals surface area contributed by atoms with Crippen LogP contribution in [0.25, 0.3) is 0 Å². The minimum atomic E-state index is -4.06. The molecule has 3 rings (SSSR count). The number of rotatable bonds is 11. The molecule has 0 saturated heterocycles. The number of hydrogen-bond donors (Lipinski definition) is 1. The first-order valence-electron chi connectivity index (χ1n) is 12.8. The molecule has 2 atom stereocenters. The molecule has 0 bridgehead atoms. The molecule has 0 radical (unpaired) electrons. The van der Waals surface area contributed by atoms with Gasteiger partial charge in [0.25, 0.3) is 10.0 Å². The average molecular weight is 536 g/mol. The van der Waals surface area contributed by atoms with Crippen molar-refractivity contribution in [3.63, 3.8) is 0 Å². The minimum absolute atomic E-state index is 0.0520. The summed E-state index contributed by atoms with van der Waals surface area (Å²) in [6.45, 7) is 9.15. The number of benzene rings is 3. The summed E-state index contributed by atoms with van der Waals surface area (Å²) in [5.41, 5.74) is 3.27. The molecule has 8 heteroatoms. The number of aryl methyl sites for hydroxylation is 2. The van der Waals surface area contributed by atoms with Gasteiger partial charge < -0.3 is 10.2 Å². The van der Waals surface area contributed by atoms with E-state index in [4.69, 9.17) is 0 Å². The molecule has 3 aromatic carbocycles. The Morgan fingerprint density at radius 1 is 0.842 bits per heavy atom. The number of anilines is 1. The highest BCUT2D eigenvalue weighted by atomic mass is 32.2. The van der Waals surface area contributed by atoms with E-state index in [0.717, 1.165) is 27.4 Å². The van der Waals surface area contributed by atoms with Crippen LogP contribution in [0.2, 0.25) is 0 Å². The molecule has 0 aliphatic rings. The van der Waals surface area contributed by atoms with Crippen molar-refractivity contribution in [1.29, 1.82) is 0 Å². The molecule has 0 heterocycles. The fraction of sp³-hybridized carbons (Fsp3) is 0.333. The van der Waals surface area contributed by atoms with Gasteiger partial charge in [0, 0.05) is 12.6 Å². The van der Waals surface area contributed by atoms with E-state index in [-0.39, 0.29) is 23.4 Å². The summed E-state index contributed by atoms with van der Waals surface area (Å²) in [6.07, 6.45) is 0.751. The van der Waals surface area contributed by atoms with Crippen molar-refractivity contribution < 1.29 is 18.0 Å². The first-order valence-corrected chi connectivity index (χ1v) is 14.3. The van der Waals surface area contributed by atoms with Crippen LogP contribution in [-0.4, -0.2) is 43.8 Å². The molecule has 7 nitrogen and oxygen atoms in total. The van der Waals surface area contributed by atoms with Gasteiger partial charge in [-0.1, -0.05) is 72.6 Å². The lowest BCUT2D eigenvalue weighted by Crippen LogP contribution is -2.52. The molecule has 1 N–H and O–H groups in total. The topological polar surface area (TPSA) is 86.8 Å². The molecule has 2 amide bonds. The van der Waals surface area contributed by atoms with Crippen LogP contribution < -0.4 is 9.62 Å². The summed E-state index contributed by atoms with van der Waals surface area (Å²) in [6, 6.07) is 21.9. The van der Waals surface area contributed by atoms with Gasteiger partial charge in [0.15, 0.2) is 0 Å². The number of nitrogens with one attached hydrogen (secondary N) is 1. The fourth-order valence-electron chi connectivity index (χ4n) is 3.90. The van der Waals surface area contributed by atoms with Crippen molar-refractivity contribution in [2.75, 3.05) is 10.8 Å². The number of amides is 2. The molecule has 0 spiro atoms. The SMILES string of the molecule is CC[C@H](C)NC(=O)[C@H](C)N(Cc1ccc(C)cc1)C(=O)CN(c1ccc(C)cc1)S(=O)(=O)c1ccccc1. The number of carbonyl (C=O) groups is 2. The van der Waals surface area contributed by atoms with E-state index in [1.807, 2.05) is 52.0 Å². The lowest BCUT2D eigenvalue weighted by molar-refractivity contribution is -0.139. The van der Waals surface area contributed by atoms with E-state index in [1.54, 1.807) is 49.4 Å². The van der Waals surface area contributed by atoms with E-state index < -0.39 is 28.5 Å². The maximum atomic E-state index is 13.9. The molecule has 0 unspecified atom stereocenters. The van der Waals surface area contributed by atoms with Crippen LogP contribution in [0.15, 0.2) is 83.8 Å². The summed E-state index contributed by atoms with van der Waals surface area (Å²) in [5.74, 6) is -0.759. The first-order chi connectivity index (χ1) is 18.0. The highest BCUT2D eigenvalue weighted by Gasteiger charge is 2.32. The van der Waals surface area contributed by atoms with Crippen molar-refractivity contribution >= 4 is 27.5 Å². The Morgan fingerprint density at radius 2 is 1.39 bits per heavy atom. The van der Waals surface area contributed by atoms with Gasteiger partial charge in [0.1, 0.15) is 12.6 Å². The predicted octanol–water partition coefficient (Wildman–Crippen LogP) is 4.83. The molecule has 38 heavy (non-hydrogen) atoms. The average Bonchev–Trinajstić information content (AvgIpc) is 2.91. The number of sulfonamides is 1. The van der Waals surface area contributed by atoms with Gasteiger partial charge in [-0.2, -0.15) is 0 Å². The zero-order valence-electron chi connectivity index (χ0n) is 22.7. The van der Waals surface area contributed by atoms with Gasteiger partial charge in [0.2, 0.25) is 11.8 Å². The third-order valence-electron chi connectivity index (χ3n) is 6.57. The van der Waals surface area contributed by atoms with Crippen LogP contribution in [0, 0.1) is 13.8 Å². The Kier molecular flexibility index (Phi) is 9.69. The van der Waals surface area contributed by atoms with E-state index >= 15 is 0 Å². The monoisotopic (exact) mass is 535 g/mol. The predicted molar refractivity (Wildman–Crippen MR) is 151 cm³/mol. The second-order valence-electron chi connectivity index (χ2n) is 9.66. The van der Waals surface area contributed by atoms with Crippen molar-refractivity contribution in [3.05, 3.63) is 95.6 Å². The van der Waals surface area contributed by atoms with Crippen LogP contribution in [-0.2, 0) is 26.2 Å². The Morgan fingerprint density at radius 3 is 1.95 bits per heavy atom. The summed E-state index contributed by atoms with van der Waals surface area (Å²) in [4.78, 5) is 28.5. The van der Waals surface area contributed by atoms with Crippen molar-refractivity contribution in [1.82, 2.24) is 10.2 Å². The van der Waals surface area contributed by atoms with Crippen LogP contribution >= 0.6 is 0 Å². The van der Waals surface area contributed by atoms with E-state index in [1.165, 1.54) is 17.0 Å². The van der Waals surface area contributed by atoms with Crippen molar-refractivity contribution in [2.45, 2.75) is 64.6 Å². The van der Waals surface area contributed by atoms with Crippen molar-refractivity contribution in [2.24, 2.45) is 0 Å². The van der Waals surface area contributed by atoms with E-state index in [9.17, 15) is 18.0 Å². The Bertz CT molecular complexity index is 1320. The normalized spacial score (nSPS) is 12.9. The Hall–Kier alpha value is -3.65. The Balaban J connectivity index is 2.00. The van der Waals surface area contributed by atoms with Crippen LogP contribution in [0.4, 0.5) is 5.69 Å². The highest BCUT2D eigenvalue weighted by molar-refractivity contribution is 7.92. The molecule has 0 fully saturated rings. The largest absolute Gasteiger partial charge is 0.352 e. The smallest absolute Gasteiger partial charge is 0.264 e. The number of carbonyl (C=O) groups excluding carboxylic acids is 2. The van der Waals surface area contributed by atoms with Gasteiger partial charge in [-0.25, -0.2) is 8.42 Å². The quantitative estimate of drug-likeness (QED) is 0.381. The lowest BCUT2D eigenvalue weighted by Gasteiger charge is -2.32. The molecular formula is C30H37N3O4S. The highest BCUT2D eigenvalue weighted by Crippen LogP contribution is 2.25. The molecular weight excluding hydrogens is 498 g/mol. The molecule has 0 aromatic heterocycles. The van der Waals surface area contributed by atoms with Gasteiger partial charge in [-0.15, -0.1) is 0 Å². The van der Waals surface area contributed by atoms with Gasteiger partial charge in [-0.05, 0) is 63.9 Å². The third kappa shape index (κ3) is 7.22.